The number of benzene rings is 3. The second-order valence-corrected chi connectivity index (χ2v) is 8.21. The molecular weight excluding hydrogens is 435 g/mol. The van der Waals surface area contributed by atoms with Crippen molar-refractivity contribution in [3.8, 4) is 17.1 Å². The van der Waals surface area contributed by atoms with Crippen LogP contribution in [0.15, 0.2) is 78.0 Å². The van der Waals surface area contributed by atoms with Crippen LogP contribution in [0.1, 0.15) is 5.56 Å². The number of carbonyl (C=O) groups is 1. The Morgan fingerprint density at radius 1 is 1.06 bits per heavy atom. The first-order valence-electron chi connectivity index (χ1n) is 9.46. The Hall–Kier alpha value is -3.16. The first kappa shape index (κ1) is 21.1. The quantitative estimate of drug-likeness (QED) is 0.377. The molecule has 4 rings (SSSR count). The van der Waals surface area contributed by atoms with E-state index in [1.165, 1.54) is 36.0 Å². The van der Waals surface area contributed by atoms with Crippen molar-refractivity contribution < 1.29 is 9.18 Å². The van der Waals surface area contributed by atoms with Crippen LogP contribution >= 0.6 is 23.4 Å². The van der Waals surface area contributed by atoms with Crippen LogP contribution in [0.5, 0.6) is 0 Å². The van der Waals surface area contributed by atoms with Crippen LogP contribution in [0.4, 0.5) is 10.1 Å². The Kier molecular flexibility index (Phi) is 6.34. The third-order valence-corrected chi connectivity index (χ3v) is 5.64. The lowest BCUT2D eigenvalue weighted by Crippen LogP contribution is -2.14. The molecule has 0 aliphatic rings. The van der Waals surface area contributed by atoms with Crippen molar-refractivity contribution in [2.75, 3.05) is 11.1 Å². The van der Waals surface area contributed by atoms with Crippen molar-refractivity contribution in [2.24, 2.45) is 0 Å². The van der Waals surface area contributed by atoms with Gasteiger partial charge < -0.3 is 5.32 Å². The summed E-state index contributed by atoms with van der Waals surface area (Å²) in [6.45, 7) is 2.02. The van der Waals surface area contributed by atoms with Gasteiger partial charge in [0.15, 0.2) is 11.0 Å². The lowest BCUT2D eigenvalue weighted by molar-refractivity contribution is -0.113. The largest absolute Gasteiger partial charge is 0.325 e. The van der Waals surface area contributed by atoms with Crippen LogP contribution in [-0.4, -0.2) is 26.4 Å². The molecule has 31 heavy (non-hydrogen) atoms. The van der Waals surface area contributed by atoms with Gasteiger partial charge in [0.25, 0.3) is 0 Å². The third-order valence-electron chi connectivity index (χ3n) is 4.45. The molecule has 1 N–H and O–H groups in total. The Morgan fingerprint density at radius 2 is 1.81 bits per heavy atom. The minimum Gasteiger partial charge on any atom is -0.325 e. The van der Waals surface area contributed by atoms with Crippen LogP contribution in [0.25, 0.3) is 17.1 Å². The molecule has 1 aromatic heterocycles. The molecule has 156 valence electrons. The van der Waals surface area contributed by atoms with E-state index in [0.717, 1.165) is 16.8 Å². The van der Waals surface area contributed by atoms with Crippen molar-refractivity contribution >= 4 is 35.0 Å². The average molecular weight is 453 g/mol. The van der Waals surface area contributed by atoms with E-state index < -0.39 is 0 Å². The standard InChI is InChI=1S/C23H18ClFN4OS/c1-15-3-2-4-16(13-15)22-27-28-23(29(22)20-11-5-17(24)6-12-20)31-14-21(30)26-19-9-7-18(25)8-10-19/h2-13H,14H2,1H3,(H,26,30). The zero-order valence-corrected chi connectivity index (χ0v) is 18.1. The first-order valence-corrected chi connectivity index (χ1v) is 10.8. The molecule has 0 saturated carbocycles. The summed E-state index contributed by atoms with van der Waals surface area (Å²) >= 11 is 7.32. The number of halogens is 2. The Labute approximate surface area is 188 Å². The highest BCUT2D eigenvalue weighted by Gasteiger charge is 2.17. The maximum atomic E-state index is 13.0. The van der Waals surface area contributed by atoms with E-state index in [9.17, 15) is 9.18 Å². The van der Waals surface area contributed by atoms with Crippen LogP contribution in [-0.2, 0) is 4.79 Å². The topological polar surface area (TPSA) is 59.8 Å². The molecule has 5 nitrogen and oxygen atoms in total. The fraction of sp³-hybridized carbons (Fsp3) is 0.0870. The van der Waals surface area contributed by atoms with E-state index >= 15 is 0 Å². The zero-order valence-electron chi connectivity index (χ0n) is 16.5. The summed E-state index contributed by atoms with van der Waals surface area (Å²) < 4.78 is 15.0. The minimum absolute atomic E-state index is 0.122. The molecule has 0 atom stereocenters. The number of carbonyl (C=O) groups excluding carboxylic acids is 1. The number of aryl methyl sites for hydroxylation is 1. The lowest BCUT2D eigenvalue weighted by atomic mass is 10.1. The summed E-state index contributed by atoms with van der Waals surface area (Å²) in [6, 6.07) is 21.0. The molecule has 3 aromatic carbocycles. The van der Waals surface area contributed by atoms with Crippen molar-refractivity contribution in [1.29, 1.82) is 0 Å². The molecule has 4 aromatic rings. The minimum atomic E-state index is -0.355. The number of amides is 1. The maximum absolute atomic E-state index is 13.0. The van der Waals surface area contributed by atoms with Crippen molar-refractivity contribution in [1.82, 2.24) is 14.8 Å². The van der Waals surface area contributed by atoms with Gasteiger partial charge in [0.05, 0.1) is 5.75 Å². The highest BCUT2D eigenvalue weighted by molar-refractivity contribution is 7.99. The monoisotopic (exact) mass is 452 g/mol. The van der Waals surface area contributed by atoms with E-state index in [0.29, 0.717) is 21.7 Å². The van der Waals surface area contributed by atoms with Gasteiger partial charge in [0, 0.05) is 22.0 Å². The average Bonchev–Trinajstić information content (AvgIpc) is 3.18. The molecule has 0 aliphatic carbocycles. The van der Waals surface area contributed by atoms with Gasteiger partial charge in [-0.1, -0.05) is 47.1 Å². The molecule has 0 unspecified atom stereocenters. The number of anilines is 1. The fourth-order valence-corrected chi connectivity index (χ4v) is 3.90. The summed E-state index contributed by atoms with van der Waals surface area (Å²) in [5, 5.41) is 12.7. The Morgan fingerprint density at radius 3 is 2.52 bits per heavy atom. The van der Waals surface area contributed by atoms with Gasteiger partial charge in [-0.2, -0.15) is 0 Å². The third kappa shape index (κ3) is 5.13. The molecule has 8 heteroatoms. The van der Waals surface area contributed by atoms with E-state index in [4.69, 9.17) is 11.6 Å². The Bertz CT molecular complexity index is 1210. The number of hydrogen-bond donors (Lipinski definition) is 1. The summed E-state index contributed by atoms with van der Waals surface area (Å²) in [5.74, 6) is 0.218. The van der Waals surface area contributed by atoms with E-state index in [1.54, 1.807) is 12.1 Å². The number of rotatable bonds is 6. The predicted octanol–water partition coefficient (Wildman–Crippen LogP) is 5.77. The molecule has 0 radical (unpaired) electrons. The molecule has 1 heterocycles. The SMILES string of the molecule is Cc1cccc(-c2nnc(SCC(=O)Nc3ccc(F)cc3)n2-c2ccc(Cl)cc2)c1. The fourth-order valence-electron chi connectivity index (χ4n) is 3.02. The summed E-state index contributed by atoms with van der Waals surface area (Å²) in [7, 11) is 0. The maximum Gasteiger partial charge on any atom is 0.234 e. The second-order valence-electron chi connectivity index (χ2n) is 6.83. The van der Waals surface area contributed by atoms with E-state index in [1.807, 2.05) is 47.9 Å². The molecular formula is C23H18ClFN4OS. The van der Waals surface area contributed by atoms with Gasteiger partial charge >= 0.3 is 0 Å². The van der Waals surface area contributed by atoms with Crippen molar-refractivity contribution in [2.45, 2.75) is 12.1 Å². The summed E-state index contributed by atoms with van der Waals surface area (Å²) in [5.41, 5.74) is 3.40. The number of thioether (sulfide) groups is 1. The summed E-state index contributed by atoms with van der Waals surface area (Å²) in [4.78, 5) is 12.4. The van der Waals surface area contributed by atoms with Gasteiger partial charge in [-0.25, -0.2) is 4.39 Å². The number of hydrogen-bond acceptors (Lipinski definition) is 4. The number of nitrogens with one attached hydrogen (secondary N) is 1. The lowest BCUT2D eigenvalue weighted by Gasteiger charge is -2.11. The van der Waals surface area contributed by atoms with E-state index in [2.05, 4.69) is 15.5 Å². The molecule has 0 spiro atoms. The second kappa shape index (κ2) is 9.32. The zero-order chi connectivity index (χ0) is 21.8. The van der Waals surface area contributed by atoms with Gasteiger partial charge in [-0.3, -0.25) is 9.36 Å². The number of aromatic nitrogens is 3. The van der Waals surface area contributed by atoms with Gasteiger partial charge in [-0.05, 0) is 61.5 Å². The predicted molar refractivity (Wildman–Crippen MR) is 122 cm³/mol. The number of nitrogens with zero attached hydrogens (tertiary/aromatic N) is 3. The van der Waals surface area contributed by atoms with Crippen LogP contribution in [0.2, 0.25) is 5.02 Å². The molecule has 0 bridgehead atoms. The van der Waals surface area contributed by atoms with Crippen molar-refractivity contribution in [3.05, 3.63) is 89.2 Å². The smallest absolute Gasteiger partial charge is 0.234 e. The van der Waals surface area contributed by atoms with Crippen LogP contribution in [0, 0.1) is 12.7 Å². The Balaban J connectivity index is 1.60. The van der Waals surface area contributed by atoms with Gasteiger partial charge in [-0.15, -0.1) is 10.2 Å². The molecule has 0 aliphatic heterocycles. The molecule has 0 saturated heterocycles. The normalized spacial score (nSPS) is 10.8. The van der Waals surface area contributed by atoms with E-state index in [-0.39, 0.29) is 17.5 Å². The van der Waals surface area contributed by atoms with Crippen LogP contribution in [0.3, 0.4) is 0 Å². The first-order chi connectivity index (χ1) is 15.0. The summed E-state index contributed by atoms with van der Waals surface area (Å²) in [6.07, 6.45) is 0. The van der Waals surface area contributed by atoms with Gasteiger partial charge in [0.2, 0.25) is 5.91 Å². The van der Waals surface area contributed by atoms with Crippen LogP contribution < -0.4 is 5.32 Å². The highest BCUT2D eigenvalue weighted by atomic mass is 35.5. The highest BCUT2D eigenvalue weighted by Crippen LogP contribution is 2.29. The van der Waals surface area contributed by atoms with Gasteiger partial charge in [0.1, 0.15) is 5.82 Å². The molecule has 1 amide bonds. The van der Waals surface area contributed by atoms with Crippen molar-refractivity contribution in [3.63, 3.8) is 0 Å². The molecule has 0 fully saturated rings.